The molecule has 4 rings (SSSR count). The van der Waals surface area contributed by atoms with E-state index >= 15 is 0 Å². The van der Waals surface area contributed by atoms with Crippen LogP contribution in [0.15, 0.2) is 90.5 Å². The Labute approximate surface area is 192 Å². The molecule has 0 radical (unpaired) electrons. The zero-order chi connectivity index (χ0) is 22.5. The first-order valence-corrected chi connectivity index (χ1v) is 11.1. The number of hydrogen-bond donors (Lipinski definition) is 0. The maximum Gasteiger partial charge on any atom is 0.131 e. The molecule has 4 heteroatoms. The van der Waals surface area contributed by atoms with Crippen LogP contribution in [0.5, 0.6) is 0 Å². The van der Waals surface area contributed by atoms with Crippen molar-refractivity contribution in [3.8, 4) is 22.6 Å². The van der Waals surface area contributed by atoms with Gasteiger partial charge in [-0.2, -0.15) is 10.5 Å². The van der Waals surface area contributed by atoms with Crippen LogP contribution in [0.25, 0.3) is 16.5 Å². The molecule has 3 aromatic carbocycles. The highest BCUT2D eigenvalue weighted by atomic mass is 32.1. The van der Waals surface area contributed by atoms with Gasteiger partial charge in [-0.3, -0.25) is 0 Å². The Balaban J connectivity index is 1.73. The molecule has 0 amide bonds. The molecule has 0 unspecified atom stereocenters. The van der Waals surface area contributed by atoms with Crippen molar-refractivity contribution < 1.29 is 0 Å². The van der Waals surface area contributed by atoms with E-state index in [-0.39, 0.29) is 5.57 Å². The topological polar surface area (TPSA) is 50.8 Å². The summed E-state index contributed by atoms with van der Waals surface area (Å²) in [5.74, 6) is 0. The van der Waals surface area contributed by atoms with E-state index in [1.54, 1.807) is 17.4 Å². The molecular weight excluding hydrogens is 410 g/mol. The Bertz CT molecular complexity index is 1300. The van der Waals surface area contributed by atoms with Gasteiger partial charge in [0.2, 0.25) is 0 Å². The number of allylic oxidation sites excluding steroid dienone is 1. The van der Waals surface area contributed by atoms with Crippen LogP contribution in [0.2, 0.25) is 0 Å². The predicted octanol–water partition coefficient (Wildman–Crippen LogP) is 7.93. The van der Waals surface area contributed by atoms with Gasteiger partial charge in [0, 0.05) is 26.8 Å². The fourth-order valence-corrected chi connectivity index (χ4v) is 4.59. The highest BCUT2D eigenvalue weighted by Crippen LogP contribution is 2.39. The molecule has 0 saturated carbocycles. The summed E-state index contributed by atoms with van der Waals surface area (Å²) < 4.78 is 0. The number of rotatable bonds is 5. The first-order valence-electron chi connectivity index (χ1n) is 10.2. The van der Waals surface area contributed by atoms with E-state index in [0.717, 1.165) is 32.4 Å². The minimum Gasteiger partial charge on any atom is -0.310 e. The number of nitriles is 2. The summed E-state index contributed by atoms with van der Waals surface area (Å²) in [5.41, 5.74) is 7.02. The quantitative estimate of drug-likeness (QED) is 0.301. The van der Waals surface area contributed by atoms with E-state index in [2.05, 4.69) is 91.5 Å². The molecule has 1 heterocycles. The molecule has 0 aliphatic carbocycles. The van der Waals surface area contributed by atoms with Crippen molar-refractivity contribution in [3.63, 3.8) is 0 Å². The third kappa shape index (κ3) is 4.32. The lowest BCUT2D eigenvalue weighted by Gasteiger charge is -2.28. The minimum absolute atomic E-state index is 0.112. The monoisotopic (exact) mass is 431 g/mol. The minimum atomic E-state index is 0.112. The summed E-state index contributed by atoms with van der Waals surface area (Å²) >= 11 is 1.56. The van der Waals surface area contributed by atoms with Gasteiger partial charge in [-0.25, -0.2) is 0 Å². The van der Waals surface area contributed by atoms with Crippen LogP contribution in [0.1, 0.15) is 16.0 Å². The Morgan fingerprint density at radius 3 is 1.84 bits per heavy atom. The van der Waals surface area contributed by atoms with Crippen molar-refractivity contribution in [1.82, 2.24) is 0 Å². The third-order valence-electron chi connectivity index (χ3n) is 5.28. The van der Waals surface area contributed by atoms with Crippen molar-refractivity contribution in [1.29, 1.82) is 10.5 Å². The van der Waals surface area contributed by atoms with Crippen LogP contribution in [0.3, 0.4) is 0 Å². The Kier molecular flexibility index (Phi) is 6.17. The van der Waals surface area contributed by atoms with Crippen LogP contribution in [0.4, 0.5) is 17.1 Å². The zero-order valence-electron chi connectivity index (χ0n) is 17.9. The van der Waals surface area contributed by atoms with Crippen molar-refractivity contribution in [2.75, 3.05) is 4.90 Å². The average molecular weight is 432 g/mol. The number of nitrogens with zero attached hydrogens (tertiary/aromatic N) is 3. The first kappa shape index (κ1) is 21.1. The normalized spacial score (nSPS) is 10.1. The van der Waals surface area contributed by atoms with Gasteiger partial charge in [0.1, 0.15) is 17.7 Å². The van der Waals surface area contributed by atoms with E-state index in [1.807, 2.05) is 24.3 Å². The lowest BCUT2D eigenvalue weighted by atomic mass is 10.1. The fourth-order valence-electron chi connectivity index (χ4n) is 3.63. The van der Waals surface area contributed by atoms with Crippen molar-refractivity contribution in [2.45, 2.75) is 13.8 Å². The summed E-state index contributed by atoms with van der Waals surface area (Å²) in [6.45, 7) is 4.26. The molecular formula is C28H21N3S. The fraction of sp³-hybridized carbons (Fsp3) is 0.0714. The largest absolute Gasteiger partial charge is 0.310 e. The van der Waals surface area contributed by atoms with Gasteiger partial charge in [0.05, 0.1) is 0 Å². The van der Waals surface area contributed by atoms with Gasteiger partial charge < -0.3 is 4.90 Å². The first-order chi connectivity index (χ1) is 15.6. The van der Waals surface area contributed by atoms with Crippen molar-refractivity contribution in [3.05, 3.63) is 107 Å². The molecule has 0 bridgehead atoms. The maximum atomic E-state index is 8.98. The van der Waals surface area contributed by atoms with Gasteiger partial charge in [0.25, 0.3) is 0 Å². The van der Waals surface area contributed by atoms with Crippen molar-refractivity contribution in [2.24, 2.45) is 0 Å². The van der Waals surface area contributed by atoms with Crippen LogP contribution >= 0.6 is 11.3 Å². The summed E-state index contributed by atoms with van der Waals surface area (Å²) in [4.78, 5) is 4.28. The highest BCUT2D eigenvalue weighted by molar-refractivity contribution is 7.16. The molecule has 0 saturated heterocycles. The molecule has 0 aliphatic heterocycles. The van der Waals surface area contributed by atoms with E-state index in [0.29, 0.717) is 0 Å². The van der Waals surface area contributed by atoms with Gasteiger partial charge in [0.15, 0.2) is 0 Å². The van der Waals surface area contributed by atoms with Gasteiger partial charge in [-0.1, -0.05) is 48.5 Å². The number of aryl methyl sites for hydroxylation is 2. The Morgan fingerprint density at radius 2 is 1.31 bits per heavy atom. The summed E-state index contributed by atoms with van der Waals surface area (Å²) in [5, 5.41) is 18.0. The molecule has 0 atom stereocenters. The van der Waals surface area contributed by atoms with Crippen LogP contribution < -0.4 is 4.90 Å². The lowest BCUT2D eigenvalue weighted by molar-refractivity contribution is 1.23. The van der Waals surface area contributed by atoms with Gasteiger partial charge in [-0.05, 0) is 73.0 Å². The van der Waals surface area contributed by atoms with E-state index in [1.165, 1.54) is 11.1 Å². The molecule has 0 fully saturated rings. The van der Waals surface area contributed by atoms with Crippen LogP contribution in [0, 0.1) is 36.5 Å². The number of hydrogen-bond acceptors (Lipinski definition) is 4. The van der Waals surface area contributed by atoms with Gasteiger partial charge in [-0.15, -0.1) is 11.3 Å². The molecule has 154 valence electrons. The lowest BCUT2D eigenvalue weighted by Crippen LogP contribution is -2.12. The number of anilines is 3. The number of para-hydroxylation sites is 2. The Morgan fingerprint density at radius 1 is 0.750 bits per heavy atom. The molecule has 32 heavy (non-hydrogen) atoms. The van der Waals surface area contributed by atoms with Crippen molar-refractivity contribution >= 4 is 34.5 Å². The maximum absolute atomic E-state index is 8.98. The molecule has 0 spiro atoms. The summed E-state index contributed by atoms with van der Waals surface area (Å²) in [6.07, 6.45) is 1.63. The smallest absolute Gasteiger partial charge is 0.131 e. The average Bonchev–Trinajstić information content (AvgIpc) is 3.29. The second kappa shape index (κ2) is 9.35. The molecule has 3 nitrogen and oxygen atoms in total. The third-order valence-corrected chi connectivity index (χ3v) is 6.36. The second-order valence-electron chi connectivity index (χ2n) is 7.44. The summed E-state index contributed by atoms with van der Waals surface area (Å²) in [6, 6.07) is 33.1. The predicted molar refractivity (Wildman–Crippen MR) is 133 cm³/mol. The van der Waals surface area contributed by atoms with Crippen LogP contribution in [-0.2, 0) is 0 Å². The standard InChI is InChI=1S/C28H21N3S/c1-20-7-3-5-9-26(20)31(27-10-6-4-8-21(27)2)24-13-11-23(12-14-24)28-16-15-25(32-28)17-22(18-29)19-30/h3-17H,1-2H3. The van der Waals surface area contributed by atoms with E-state index < -0.39 is 0 Å². The Hall–Kier alpha value is -4.12. The molecule has 0 N–H and O–H groups in total. The molecule has 4 aromatic rings. The molecule has 1 aromatic heterocycles. The second-order valence-corrected chi connectivity index (χ2v) is 8.55. The number of thiophene rings is 1. The number of benzene rings is 3. The summed E-state index contributed by atoms with van der Waals surface area (Å²) in [7, 11) is 0. The van der Waals surface area contributed by atoms with E-state index in [9.17, 15) is 0 Å². The SMILES string of the molecule is Cc1ccccc1N(c1ccc(-c2ccc(C=C(C#N)C#N)s2)cc1)c1ccccc1C. The van der Waals surface area contributed by atoms with Crippen LogP contribution in [-0.4, -0.2) is 0 Å². The van der Waals surface area contributed by atoms with E-state index in [4.69, 9.17) is 10.5 Å². The highest BCUT2D eigenvalue weighted by Gasteiger charge is 2.16. The molecule has 0 aliphatic rings. The van der Waals surface area contributed by atoms with Gasteiger partial charge >= 0.3 is 0 Å². The zero-order valence-corrected chi connectivity index (χ0v) is 18.7.